The minimum atomic E-state index is -5.10. The van der Waals surface area contributed by atoms with Gasteiger partial charge in [0.15, 0.2) is 0 Å². The highest BCUT2D eigenvalue weighted by molar-refractivity contribution is 6.31. The number of carboxylic acid groups (broad SMARTS) is 1. The monoisotopic (exact) mass is 632 g/mol. The van der Waals surface area contributed by atoms with E-state index in [1.165, 1.54) is 6.07 Å². The first-order valence-electron chi connectivity index (χ1n) is 12.7. The molecule has 0 bridgehead atoms. The van der Waals surface area contributed by atoms with Gasteiger partial charge in [0.2, 0.25) is 0 Å². The lowest BCUT2D eigenvalue weighted by Gasteiger charge is -2.44. The van der Waals surface area contributed by atoms with E-state index in [0.717, 1.165) is 30.3 Å². The summed E-state index contributed by atoms with van der Waals surface area (Å²) in [5.74, 6) is -11.8. The van der Waals surface area contributed by atoms with Gasteiger partial charge in [0.1, 0.15) is 23.1 Å². The Morgan fingerprint density at radius 1 is 1.21 bits per heavy atom. The summed E-state index contributed by atoms with van der Waals surface area (Å²) in [5, 5.41) is 31.2. The summed E-state index contributed by atoms with van der Waals surface area (Å²) >= 11 is 11.9. The molecule has 2 N–H and O–H groups in total. The molecule has 0 spiro atoms. The Hall–Kier alpha value is -3.24. The summed E-state index contributed by atoms with van der Waals surface area (Å²) in [4.78, 5) is 27.7. The number of nitriles is 1. The second-order valence-corrected chi connectivity index (χ2v) is 11.0. The van der Waals surface area contributed by atoms with Crippen LogP contribution in [0.15, 0.2) is 48.6 Å². The zero-order chi connectivity index (χ0) is 31.0. The van der Waals surface area contributed by atoms with E-state index in [9.17, 15) is 29.6 Å². The number of likely N-dealkylation sites (tertiary alicyclic amines) is 1. The average Bonchev–Trinajstić information content (AvgIpc) is 3.27. The predicted octanol–water partition coefficient (Wildman–Crippen LogP) is 5.94. The minimum absolute atomic E-state index is 0.168. The number of aliphatic carboxylic acids is 1. The first-order valence-corrected chi connectivity index (χ1v) is 13.4. The van der Waals surface area contributed by atoms with Crippen molar-refractivity contribution in [3.63, 3.8) is 0 Å². The van der Waals surface area contributed by atoms with Gasteiger partial charge >= 0.3 is 18.0 Å². The molecular weight excluding hydrogens is 610 g/mol. The Kier molecular flexibility index (Phi) is 9.18. The lowest BCUT2D eigenvalue weighted by atomic mass is 9.60. The molecule has 6 atom stereocenters. The van der Waals surface area contributed by atoms with Crippen LogP contribution >= 0.6 is 23.2 Å². The molecule has 0 amide bonds. The number of alkyl halides is 2. The standard InChI is InChI=1S/C28H23Cl2F5N2O5/c29-15-9-10-18(20(31)11-15)27(13-36)21(16-7-4-8-19(30)22(16)32)23(25(39)40)37(28(33,34)26(41)42-35)24(27)17(12-38)14-5-2-1-3-6-14/h1-2,4,7-11,14,17,21,23-24,38H,3,5-6,12H2,(H,39,40)/t14?,17?,21-,23+,24-,27+/m0/s1. The van der Waals surface area contributed by atoms with Gasteiger partial charge in [0.05, 0.1) is 11.1 Å². The summed E-state index contributed by atoms with van der Waals surface area (Å²) in [6.45, 7) is -0.948. The maximum Gasteiger partial charge on any atom is 0.434 e. The maximum atomic E-state index is 16.0. The van der Waals surface area contributed by atoms with Crippen molar-refractivity contribution in [1.29, 1.82) is 5.26 Å². The number of allylic oxidation sites excluding steroid dienone is 2. The average molecular weight is 633 g/mol. The van der Waals surface area contributed by atoms with E-state index < -0.39 is 87.6 Å². The normalized spacial score (nSPS) is 26.9. The van der Waals surface area contributed by atoms with Crippen molar-refractivity contribution >= 4 is 35.1 Å². The van der Waals surface area contributed by atoms with Crippen molar-refractivity contribution in [1.82, 2.24) is 4.90 Å². The molecule has 224 valence electrons. The van der Waals surface area contributed by atoms with Gasteiger partial charge in [-0.1, -0.05) is 53.6 Å². The van der Waals surface area contributed by atoms with Crippen molar-refractivity contribution in [2.45, 2.75) is 48.7 Å². The molecule has 2 aromatic rings. The van der Waals surface area contributed by atoms with Gasteiger partial charge in [-0.2, -0.15) is 14.0 Å². The molecule has 0 aromatic heterocycles. The number of carbonyl (C=O) groups excluding carboxylic acids is 1. The first-order chi connectivity index (χ1) is 19.9. The van der Waals surface area contributed by atoms with Gasteiger partial charge in [-0.15, -0.1) is 0 Å². The molecule has 14 heteroatoms. The fourth-order valence-corrected chi connectivity index (χ4v) is 6.87. The minimum Gasteiger partial charge on any atom is -0.480 e. The van der Waals surface area contributed by atoms with Crippen molar-refractivity contribution in [2.24, 2.45) is 11.8 Å². The summed E-state index contributed by atoms with van der Waals surface area (Å²) in [7, 11) is 0. The number of aliphatic hydroxyl groups excluding tert-OH is 1. The molecule has 4 rings (SSSR count). The molecule has 42 heavy (non-hydrogen) atoms. The van der Waals surface area contributed by atoms with Crippen LogP contribution in [0.2, 0.25) is 10.0 Å². The molecule has 2 aliphatic rings. The molecule has 1 aliphatic heterocycles. The molecule has 1 fully saturated rings. The van der Waals surface area contributed by atoms with Crippen molar-refractivity contribution in [2.75, 3.05) is 6.61 Å². The zero-order valence-corrected chi connectivity index (χ0v) is 23.0. The quantitative estimate of drug-likeness (QED) is 0.210. The molecule has 1 heterocycles. The molecule has 0 radical (unpaired) electrons. The molecule has 2 aromatic carbocycles. The van der Waals surface area contributed by atoms with Crippen LogP contribution in [0.25, 0.3) is 0 Å². The smallest absolute Gasteiger partial charge is 0.434 e. The molecule has 1 saturated heterocycles. The summed E-state index contributed by atoms with van der Waals surface area (Å²) in [6.07, 6.45) is 4.33. The Bertz CT molecular complexity index is 1450. The van der Waals surface area contributed by atoms with E-state index in [2.05, 4.69) is 4.94 Å². The number of hydrogen-bond donors (Lipinski definition) is 2. The fraction of sp³-hybridized carbons (Fsp3) is 0.393. The molecular formula is C28H23Cl2F5N2O5. The van der Waals surface area contributed by atoms with Gasteiger partial charge in [-0.05, 0) is 48.9 Å². The Labute approximate surface area is 246 Å². The third-order valence-electron chi connectivity index (χ3n) is 8.17. The highest BCUT2D eigenvalue weighted by Crippen LogP contribution is 2.59. The highest BCUT2D eigenvalue weighted by Gasteiger charge is 2.73. The fourth-order valence-electron chi connectivity index (χ4n) is 6.53. The van der Waals surface area contributed by atoms with Crippen molar-refractivity contribution < 1.29 is 46.8 Å². The van der Waals surface area contributed by atoms with E-state index in [-0.39, 0.29) is 22.8 Å². The molecule has 1 aliphatic carbocycles. The van der Waals surface area contributed by atoms with Crippen LogP contribution in [0, 0.1) is 34.8 Å². The van der Waals surface area contributed by atoms with E-state index in [4.69, 9.17) is 23.2 Å². The van der Waals surface area contributed by atoms with E-state index in [0.29, 0.717) is 6.42 Å². The summed E-state index contributed by atoms with van der Waals surface area (Å²) in [5.41, 5.74) is -4.08. The van der Waals surface area contributed by atoms with Crippen LogP contribution in [0.1, 0.15) is 36.3 Å². The predicted molar refractivity (Wildman–Crippen MR) is 139 cm³/mol. The topological polar surface area (TPSA) is 111 Å². The number of halogens is 7. The molecule has 7 nitrogen and oxygen atoms in total. The third-order valence-corrected chi connectivity index (χ3v) is 8.70. The Morgan fingerprint density at radius 2 is 1.93 bits per heavy atom. The first kappa shape index (κ1) is 31.7. The number of benzene rings is 2. The van der Waals surface area contributed by atoms with Gasteiger partial charge in [-0.3, -0.25) is 4.79 Å². The number of carboxylic acids is 1. The van der Waals surface area contributed by atoms with E-state index >= 15 is 17.6 Å². The van der Waals surface area contributed by atoms with Crippen LogP contribution in [-0.4, -0.2) is 51.8 Å². The number of hydrogen-bond acceptors (Lipinski definition) is 6. The van der Waals surface area contributed by atoms with Gasteiger partial charge in [0.25, 0.3) is 0 Å². The van der Waals surface area contributed by atoms with Gasteiger partial charge in [-0.25, -0.2) is 23.4 Å². The molecule has 2 unspecified atom stereocenters. The van der Waals surface area contributed by atoms with Crippen LogP contribution in [0.3, 0.4) is 0 Å². The zero-order valence-electron chi connectivity index (χ0n) is 21.5. The lowest BCUT2D eigenvalue weighted by molar-refractivity contribution is -0.247. The lowest BCUT2D eigenvalue weighted by Crippen LogP contribution is -2.61. The SMILES string of the molecule is N#C[C@]1(c2ccc(Cl)cc2F)[C@H](C(CO)C2CC=CCC2)N(C(F)(F)C(=O)OF)[C@@H](C(=O)O)[C@@H]1c1cccc(Cl)c1F. The molecule has 0 saturated carbocycles. The van der Waals surface area contributed by atoms with Crippen molar-refractivity contribution in [3.05, 3.63) is 81.4 Å². The van der Waals surface area contributed by atoms with Crippen molar-refractivity contribution in [3.8, 4) is 6.07 Å². The van der Waals surface area contributed by atoms with E-state index in [1.807, 2.05) is 0 Å². The number of aliphatic hydroxyl groups is 1. The maximum absolute atomic E-state index is 16.0. The summed E-state index contributed by atoms with van der Waals surface area (Å²) in [6, 6.07) is -2.13. The second kappa shape index (κ2) is 12.2. The van der Waals surface area contributed by atoms with Gasteiger partial charge in [0, 0.05) is 39.6 Å². The van der Waals surface area contributed by atoms with Crippen LogP contribution in [0.4, 0.5) is 22.1 Å². The van der Waals surface area contributed by atoms with Crippen LogP contribution < -0.4 is 0 Å². The van der Waals surface area contributed by atoms with Crippen LogP contribution in [-0.2, 0) is 19.9 Å². The van der Waals surface area contributed by atoms with Crippen LogP contribution in [0.5, 0.6) is 0 Å². The number of rotatable bonds is 8. The van der Waals surface area contributed by atoms with E-state index in [1.54, 1.807) is 18.2 Å². The Balaban J connectivity index is 2.21. The number of carbonyl (C=O) groups is 2. The third kappa shape index (κ3) is 5.02. The Morgan fingerprint density at radius 3 is 2.48 bits per heavy atom. The van der Waals surface area contributed by atoms with Gasteiger partial charge < -0.3 is 10.2 Å². The highest BCUT2D eigenvalue weighted by atomic mass is 35.5. The number of nitrogens with zero attached hydrogens (tertiary/aromatic N) is 2. The summed E-state index contributed by atoms with van der Waals surface area (Å²) < 4.78 is 76.6. The second-order valence-electron chi connectivity index (χ2n) is 10.2. The largest absolute Gasteiger partial charge is 0.480 e.